The Balaban J connectivity index is 0.0000000936. The van der Waals surface area contributed by atoms with Crippen molar-refractivity contribution in [1.82, 2.24) is 0 Å². The third kappa shape index (κ3) is 13.4. The number of hydrogen-bond donors (Lipinski definition) is 0. The summed E-state index contributed by atoms with van der Waals surface area (Å²) in [7, 11) is 0. The number of furan rings is 5. The molecule has 30 rings (SSSR count). The first-order valence-corrected chi connectivity index (χ1v) is 47.5. The molecule has 5 heteroatoms. The normalized spacial score (nSPS) is 11.7. The van der Waals surface area contributed by atoms with E-state index in [9.17, 15) is 0 Å². The highest BCUT2D eigenvalue weighted by atomic mass is 16.3. The lowest BCUT2D eigenvalue weighted by Crippen LogP contribution is -1.91. The van der Waals surface area contributed by atoms with Gasteiger partial charge >= 0.3 is 0 Å². The summed E-state index contributed by atoms with van der Waals surface area (Å²) in [6.45, 7) is 0. The topological polar surface area (TPSA) is 65.7 Å². The molecule has 648 valence electrons. The van der Waals surface area contributed by atoms with Crippen LogP contribution in [0.15, 0.2) is 520 Å². The fourth-order valence-electron chi connectivity index (χ4n) is 22.3. The minimum atomic E-state index is 0.913. The predicted octanol–water partition coefficient (Wildman–Crippen LogP) is 38.8. The second-order valence-corrected chi connectivity index (χ2v) is 35.9. The molecule has 0 spiro atoms. The molecule has 5 aromatic heterocycles. The van der Waals surface area contributed by atoms with Gasteiger partial charge < -0.3 is 22.1 Å². The Morgan fingerprint density at radius 2 is 0.295 bits per heavy atom. The SMILES string of the molecule is c1ccc(-c2c3ccccc3c(-c3ccc4oc5ccccc5c4c3)c3ccccc23)cc1.c1ccc(-c2c3ccccc3c(-c3cccc4c3oc3ccccc34)c3ccccc23)cc1.c1ccc(-c2c3ccccc3c(-c3cccc4oc5ccccc5c34)c3ccccc23)cc1.c1ccc2c(c1)oc1ccc(-c3c4ccccc4c(-c4ccc5oc6ccccc6c5c4)c4ccccc34)cc12. The van der Waals surface area contributed by atoms with Crippen molar-refractivity contribution in [2.24, 2.45) is 0 Å². The Labute approximate surface area is 798 Å². The van der Waals surface area contributed by atoms with Crippen LogP contribution in [0.25, 0.3) is 285 Å². The van der Waals surface area contributed by atoms with Crippen LogP contribution in [0.3, 0.4) is 0 Å². The zero-order valence-corrected chi connectivity index (χ0v) is 75.4. The number of fused-ring (bicyclic) bond motifs is 23. The zero-order chi connectivity index (χ0) is 91.5. The van der Waals surface area contributed by atoms with E-state index in [4.69, 9.17) is 22.1 Å². The minimum absolute atomic E-state index is 0.913. The Morgan fingerprint density at radius 1 is 0.101 bits per heavy atom. The number of para-hydroxylation sites is 6. The lowest BCUT2D eigenvalue weighted by atomic mass is 9.85. The monoisotopic (exact) mass is 1770 g/mol. The van der Waals surface area contributed by atoms with Crippen molar-refractivity contribution in [1.29, 1.82) is 0 Å². The fourth-order valence-corrected chi connectivity index (χ4v) is 22.3. The third-order valence-corrected chi connectivity index (χ3v) is 28.3. The van der Waals surface area contributed by atoms with E-state index in [1.807, 2.05) is 60.7 Å². The highest BCUT2D eigenvalue weighted by molar-refractivity contribution is 6.30. The maximum absolute atomic E-state index is 6.45. The summed E-state index contributed by atoms with van der Waals surface area (Å²) in [5.41, 5.74) is 29.0. The zero-order valence-electron chi connectivity index (χ0n) is 75.4. The fraction of sp³-hybridized carbons (Fsp3) is 0. The second kappa shape index (κ2) is 33.3. The van der Waals surface area contributed by atoms with Crippen LogP contribution in [0.2, 0.25) is 0 Å². The van der Waals surface area contributed by atoms with Gasteiger partial charge in [-0.25, -0.2) is 0 Å². The second-order valence-electron chi connectivity index (χ2n) is 35.9. The lowest BCUT2D eigenvalue weighted by Gasteiger charge is -2.18. The van der Waals surface area contributed by atoms with Gasteiger partial charge in [-0.05, 0) is 237 Å². The summed E-state index contributed by atoms with van der Waals surface area (Å²) >= 11 is 0. The third-order valence-electron chi connectivity index (χ3n) is 28.3. The van der Waals surface area contributed by atoms with Gasteiger partial charge in [0.25, 0.3) is 0 Å². The van der Waals surface area contributed by atoms with E-state index in [1.165, 1.54) is 175 Å². The molecular weight excluding hydrogens is 1690 g/mol. The molecule has 0 aliphatic heterocycles. The van der Waals surface area contributed by atoms with Crippen LogP contribution in [0.5, 0.6) is 0 Å². The molecular formula is C134H82O5. The van der Waals surface area contributed by atoms with E-state index in [0.717, 1.165) is 110 Å². The van der Waals surface area contributed by atoms with Crippen LogP contribution in [0.4, 0.5) is 0 Å². The summed E-state index contributed by atoms with van der Waals surface area (Å²) < 4.78 is 31.1. The molecule has 0 atom stereocenters. The Kier molecular flexibility index (Phi) is 19.2. The van der Waals surface area contributed by atoms with Crippen molar-refractivity contribution in [2.45, 2.75) is 0 Å². The van der Waals surface area contributed by atoms with Crippen LogP contribution in [-0.2, 0) is 0 Å². The van der Waals surface area contributed by atoms with Crippen molar-refractivity contribution in [3.8, 4) is 89.0 Å². The number of benzene rings is 25. The van der Waals surface area contributed by atoms with Crippen LogP contribution < -0.4 is 0 Å². The van der Waals surface area contributed by atoms with Crippen molar-refractivity contribution in [3.63, 3.8) is 0 Å². The van der Waals surface area contributed by atoms with Gasteiger partial charge in [-0.15, -0.1) is 0 Å². The largest absolute Gasteiger partial charge is 0.456 e. The van der Waals surface area contributed by atoms with Crippen molar-refractivity contribution >= 4 is 196 Å². The molecule has 0 unspecified atom stereocenters. The number of hydrogen-bond acceptors (Lipinski definition) is 5. The van der Waals surface area contributed by atoms with E-state index in [0.29, 0.717) is 0 Å². The first kappa shape index (κ1) is 80.2. The molecule has 0 aliphatic carbocycles. The summed E-state index contributed by atoms with van der Waals surface area (Å²) in [6.07, 6.45) is 0. The lowest BCUT2D eigenvalue weighted by molar-refractivity contribution is 0.668. The van der Waals surface area contributed by atoms with Crippen LogP contribution >= 0.6 is 0 Å². The highest BCUT2D eigenvalue weighted by Gasteiger charge is 2.26. The Morgan fingerprint density at radius 3 is 0.604 bits per heavy atom. The van der Waals surface area contributed by atoms with Gasteiger partial charge in [0.1, 0.15) is 55.8 Å². The molecule has 25 aromatic carbocycles. The van der Waals surface area contributed by atoms with Gasteiger partial charge in [0.2, 0.25) is 0 Å². The van der Waals surface area contributed by atoms with Gasteiger partial charge in [0.15, 0.2) is 0 Å². The molecule has 0 radical (unpaired) electrons. The van der Waals surface area contributed by atoms with E-state index in [-0.39, 0.29) is 0 Å². The van der Waals surface area contributed by atoms with Crippen LogP contribution in [0.1, 0.15) is 0 Å². The Hall–Kier alpha value is -18.4. The van der Waals surface area contributed by atoms with E-state index in [2.05, 4.69) is 437 Å². The molecule has 5 nitrogen and oxygen atoms in total. The minimum Gasteiger partial charge on any atom is -0.456 e. The summed E-state index contributed by atoms with van der Waals surface area (Å²) in [5.74, 6) is 0. The summed E-state index contributed by atoms with van der Waals surface area (Å²) in [4.78, 5) is 0. The smallest absolute Gasteiger partial charge is 0.143 e. The summed E-state index contributed by atoms with van der Waals surface area (Å²) in [5, 5.41) is 31.6. The van der Waals surface area contributed by atoms with Crippen LogP contribution in [-0.4, -0.2) is 0 Å². The first-order valence-electron chi connectivity index (χ1n) is 47.5. The van der Waals surface area contributed by atoms with Crippen molar-refractivity contribution in [3.05, 3.63) is 497 Å². The molecule has 139 heavy (non-hydrogen) atoms. The van der Waals surface area contributed by atoms with Gasteiger partial charge in [-0.1, -0.05) is 425 Å². The van der Waals surface area contributed by atoms with Gasteiger partial charge in [-0.2, -0.15) is 0 Å². The summed E-state index contributed by atoms with van der Waals surface area (Å²) in [6, 6.07) is 177. The quantitative estimate of drug-likeness (QED) is 0.142. The molecule has 0 saturated heterocycles. The Bertz CT molecular complexity index is 9740. The van der Waals surface area contributed by atoms with Gasteiger partial charge in [-0.3, -0.25) is 0 Å². The van der Waals surface area contributed by atoms with E-state index < -0.39 is 0 Å². The average Bonchev–Trinajstić information content (AvgIpc) is 1.49. The number of rotatable bonds is 8. The molecule has 0 fully saturated rings. The molecule has 0 bridgehead atoms. The maximum Gasteiger partial charge on any atom is 0.143 e. The van der Waals surface area contributed by atoms with Crippen LogP contribution in [0, 0.1) is 0 Å². The standard InChI is InChI=1S/C38H22O2.3C32H20O/c1-2-12-28-27(11-1)37(23-17-19-35-31(21-23)25-9-5-7-15-33(25)39-35)29-13-3-4-14-30(29)38(28)24-18-20-36-32(22-24)26-10-6-8-16-34(26)40-36;1-2-11-21(12-3-1)30-23-14-4-6-16-25(23)31(26-17-7-5-15-24(26)30)28-19-10-18-27-22-13-8-9-20-29(22)33-32(27)28;1-2-11-21(12-3-1)30-22-13-4-6-15-24(22)31(25-16-7-5-14-23(25)30)27-18-10-20-29-32(27)26-17-8-9-19-28(26)33-29;1-2-10-21(11-3-1)31-24-13-4-6-15-26(24)32(27-16-7-5-14-25(27)31)22-18-19-30-28(20-22)23-12-8-9-17-29(23)33-30/h1-22H;3*1-20H. The van der Waals surface area contributed by atoms with Crippen molar-refractivity contribution < 1.29 is 22.1 Å². The van der Waals surface area contributed by atoms with Crippen molar-refractivity contribution in [2.75, 3.05) is 0 Å². The maximum atomic E-state index is 6.45. The van der Waals surface area contributed by atoms with E-state index >= 15 is 0 Å². The highest BCUT2D eigenvalue weighted by Crippen LogP contribution is 2.53. The van der Waals surface area contributed by atoms with E-state index in [1.54, 1.807) is 0 Å². The molecule has 30 aromatic rings. The molecule has 0 aliphatic rings. The average molecular weight is 1770 g/mol. The van der Waals surface area contributed by atoms with Gasteiger partial charge in [0, 0.05) is 65.0 Å². The molecule has 0 saturated carbocycles. The molecule has 5 heterocycles. The predicted molar refractivity (Wildman–Crippen MR) is 586 cm³/mol. The molecule has 0 amide bonds. The molecule has 0 N–H and O–H groups in total. The van der Waals surface area contributed by atoms with Gasteiger partial charge in [0.05, 0.1) is 0 Å². The first-order chi connectivity index (χ1) is 69.0.